The molecule has 0 bridgehead atoms. The zero-order valence-electron chi connectivity index (χ0n) is 9.12. The molecule has 2 nitrogen and oxygen atoms in total. The van der Waals surface area contributed by atoms with Gasteiger partial charge in [0.1, 0.15) is 0 Å². The molecule has 2 rings (SSSR count). The van der Waals surface area contributed by atoms with E-state index < -0.39 is 0 Å². The Morgan fingerprint density at radius 2 is 2.27 bits per heavy atom. The molecule has 1 aromatic carbocycles. The van der Waals surface area contributed by atoms with Crippen molar-refractivity contribution in [1.29, 1.82) is 0 Å². The Labute approximate surface area is 94.7 Å². The van der Waals surface area contributed by atoms with E-state index in [-0.39, 0.29) is 5.91 Å². The van der Waals surface area contributed by atoms with Gasteiger partial charge in [-0.15, -0.1) is 11.8 Å². The number of rotatable bonds is 0. The van der Waals surface area contributed by atoms with E-state index in [0.717, 1.165) is 18.8 Å². The number of thioether (sulfide) groups is 1. The summed E-state index contributed by atoms with van der Waals surface area (Å²) < 4.78 is 0. The predicted octanol–water partition coefficient (Wildman–Crippen LogP) is 2.45. The highest BCUT2D eigenvalue weighted by molar-refractivity contribution is 7.99. The van der Waals surface area contributed by atoms with Gasteiger partial charge >= 0.3 is 0 Å². The molecular formula is C12H15NOS. The monoisotopic (exact) mass is 221 g/mol. The molecule has 0 fully saturated rings. The lowest BCUT2D eigenvalue weighted by Gasteiger charge is -2.19. The van der Waals surface area contributed by atoms with Crippen molar-refractivity contribution in [2.45, 2.75) is 25.3 Å². The van der Waals surface area contributed by atoms with E-state index in [9.17, 15) is 4.79 Å². The molecule has 0 saturated carbocycles. The highest BCUT2D eigenvalue weighted by Crippen LogP contribution is 2.29. The van der Waals surface area contributed by atoms with Gasteiger partial charge in [-0.25, -0.2) is 0 Å². The minimum atomic E-state index is 0.173. The molecule has 15 heavy (non-hydrogen) atoms. The minimum Gasteiger partial charge on any atom is -0.338 e. The molecule has 0 unspecified atom stereocenters. The summed E-state index contributed by atoms with van der Waals surface area (Å²) >= 11 is 1.85. The Morgan fingerprint density at radius 3 is 3.00 bits per heavy atom. The maximum atomic E-state index is 11.4. The molecule has 80 valence electrons. The first-order valence-electron chi connectivity index (χ1n) is 5.15. The molecule has 1 aromatic rings. The van der Waals surface area contributed by atoms with Crippen LogP contribution < -0.4 is 0 Å². The Kier molecular flexibility index (Phi) is 3.00. The smallest absolute Gasteiger partial charge is 0.219 e. The molecule has 0 saturated heterocycles. The number of amides is 1. The highest BCUT2D eigenvalue weighted by atomic mass is 32.2. The molecule has 0 aliphatic carbocycles. The summed E-state index contributed by atoms with van der Waals surface area (Å²) in [4.78, 5) is 14.6. The standard InChI is InChI=1S/C12H15NOS/c1-9-4-3-5-12-11(9)8-13(10(2)14)6-7-15-12/h3-5H,6-8H2,1-2H3. The Morgan fingerprint density at radius 1 is 1.47 bits per heavy atom. The molecule has 1 amide bonds. The normalized spacial score (nSPS) is 15.7. The summed E-state index contributed by atoms with van der Waals surface area (Å²) in [6.07, 6.45) is 0. The van der Waals surface area contributed by atoms with E-state index >= 15 is 0 Å². The van der Waals surface area contributed by atoms with Crippen LogP contribution in [0, 0.1) is 6.92 Å². The summed E-state index contributed by atoms with van der Waals surface area (Å²) in [5.74, 6) is 1.17. The Hall–Kier alpha value is -0.960. The van der Waals surface area contributed by atoms with Crippen LogP contribution in [-0.4, -0.2) is 23.1 Å². The van der Waals surface area contributed by atoms with Gasteiger partial charge in [0, 0.05) is 30.7 Å². The third-order valence-corrected chi connectivity index (χ3v) is 3.86. The summed E-state index contributed by atoms with van der Waals surface area (Å²) in [6, 6.07) is 6.35. The van der Waals surface area contributed by atoms with Gasteiger partial charge in [-0.3, -0.25) is 4.79 Å². The van der Waals surface area contributed by atoms with Gasteiger partial charge in [-0.1, -0.05) is 12.1 Å². The number of hydrogen-bond acceptors (Lipinski definition) is 2. The van der Waals surface area contributed by atoms with E-state index in [2.05, 4.69) is 25.1 Å². The lowest BCUT2D eigenvalue weighted by molar-refractivity contribution is -0.129. The third-order valence-electron chi connectivity index (χ3n) is 2.78. The molecule has 1 aliphatic heterocycles. The first-order valence-corrected chi connectivity index (χ1v) is 6.14. The zero-order chi connectivity index (χ0) is 10.8. The fourth-order valence-electron chi connectivity index (χ4n) is 1.82. The molecule has 0 atom stereocenters. The van der Waals surface area contributed by atoms with Crippen molar-refractivity contribution in [3.63, 3.8) is 0 Å². The van der Waals surface area contributed by atoms with Crippen LogP contribution in [0.3, 0.4) is 0 Å². The minimum absolute atomic E-state index is 0.173. The van der Waals surface area contributed by atoms with Crippen molar-refractivity contribution in [2.24, 2.45) is 0 Å². The van der Waals surface area contributed by atoms with Crippen LogP contribution >= 0.6 is 11.8 Å². The van der Waals surface area contributed by atoms with Crippen molar-refractivity contribution in [1.82, 2.24) is 4.90 Å². The summed E-state index contributed by atoms with van der Waals surface area (Å²) in [5.41, 5.74) is 2.60. The van der Waals surface area contributed by atoms with E-state index in [1.807, 2.05) is 16.7 Å². The van der Waals surface area contributed by atoms with Crippen LogP contribution in [0.4, 0.5) is 0 Å². The van der Waals surface area contributed by atoms with Gasteiger partial charge in [0.05, 0.1) is 0 Å². The Bertz CT molecular complexity index is 389. The average Bonchev–Trinajstić information content (AvgIpc) is 2.40. The lowest BCUT2D eigenvalue weighted by Crippen LogP contribution is -2.29. The molecule has 0 aromatic heterocycles. The maximum Gasteiger partial charge on any atom is 0.219 e. The number of aryl methyl sites for hydroxylation is 1. The molecule has 0 spiro atoms. The fraction of sp³-hybridized carbons (Fsp3) is 0.417. The summed E-state index contributed by atoms with van der Waals surface area (Å²) in [7, 11) is 0. The van der Waals surface area contributed by atoms with Gasteiger partial charge in [0.2, 0.25) is 5.91 Å². The largest absolute Gasteiger partial charge is 0.338 e. The van der Waals surface area contributed by atoms with Crippen molar-refractivity contribution in [3.8, 4) is 0 Å². The third kappa shape index (κ3) is 2.17. The van der Waals surface area contributed by atoms with Crippen LogP contribution in [0.5, 0.6) is 0 Å². The van der Waals surface area contributed by atoms with Crippen molar-refractivity contribution in [2.75, 3.05) is 12.3 Å². The number of carbonyl (C=O) groups excluding carboxylic acids is 1. The topological polar surface area (TPSA) is 20.3 Å². The van der Waals surface area contributed by atoms with Crippen LogP contribution in [0.2, 0.25) is 0 Å². The Balaban J connectivity index is 2.35. The van der Waals surface area contributed by atoms with E-state index in [1.165, 1.54) is 16.0 Å². The first kappa shape index (κ1) is 10.6. The van der Waals surface area contributed by atoms with E-state index in [4.69, 9.17) is 0 Å². The molecule has 0 N–H and O–H groups in total. The van der Waals surface area contributed by atoms with Crippen LogP contribution in [-0.2, 0) is 11.3 Å². The van der Waals surface area contributed by atoms with Gasteiger partial charge in [0.25, 0.3) is 0 Å². The summed E-state index contributed by atoms with van der Waals surface area (Å²) in [6.45, 7) is 5.38. The molecular weight excluding hydrogens is 206 g/mol. The van der Waals surface area contributed by atoms with Gasteiger partial charge in [0.15, 0.2) is 0 Å². The molecule has 1 heterocycles. The number of hydrogen-bond donors (Lipinski definition) is 0. The van der Waals surface area contributed by atoms with Crippen molar-refractivity contribution >= 4 is 17.7 Å². The van der Waals surface area contributed by atoms with Crippen LogP contribution in [0.25, 0.3) is 0 Å². The fourth-order valence-corrected chi connectivity index (χ4v) is 2.92. The second kappa shape index (κ2) is 4.27. The number of benzene rings is 1. The quantitative estimate of drug-likeness (QED) is 0.670. The van der Waals surface area contributed by atoms with Gasteiger partial charge in [-0.2, -0.15) is 0 Å². The van der Waals surface area contributed by atoms with Crippen molar-refractivity contribution < 1.29 is 4.79 Å². The molecule has 0 radical (unpaired) electrons. The van der Waals surface area contributed by atoms with E-state index in [1.54, 1.807) is 6.92 Å². The second-order valence-electron chi connectivity index (χ2n) is 3.84. The predicted molar refractivity (Wildman–Crippen MR) is 63.0 cm³/mol. The van der Waals surface area contributed by atoms with Crippen LogP contribution in [0.15, 0.2) is 23.1 Å². The maximum absolute atomic E-state index is 11.4. The van der Waals surface area contributed by atoms with Crippen molar-refractivity contribution in [3.05, 3.63) is 29.3 Å². The number of carbonyl (C=O) groups is 1. The molecule has 1 aliphatic rings. The first-order chi connectivity index (χ1) is 7.18. The average molecular weight is 221 g/mol. The van der Waals surface area contributed by atoms with Gasteiger partial charge < -0.3 is 4.90 Å². The lowest BCUT2D eigenvalue weighted by atomic mass is 10.1. The summed E-state index contributed by atoms with van der Waals surface area (Å²) in [5, 5.41) is 0. The SMILES string of the molecule is CC(=O)N1CCSc2cccc(C)c2C1. The van der Waals surface area contributed by atoms with E-state index in [0.29, 0.717) is 0 Å². The van der Waals surface area contributed by atoms with Gasteiger partial charge in [-0.05, 0) is 24.1 Å². The highest BCUT2D eigenvalue weighted by Gasteiger charge is 2.17. The van der Waals surface area contributed by atoms with Crippen LogP contribution in [0.1, 0.15) is 18.1 Å². The second-order valence-corrected chi connectivity index (χ2v) is 4.98. The zero-order valence-corrected chi connectivity index (χ0v) is 9.93. The number of fused-ring (bicyclic) bond motifs is 1. The molecule has 3 heteroatoms. The number of nitrogens with zero attached hydrogens (tertiary/aromatic N) is 1.